The van der Waals surface area contributed by atoms with E-state index in [0.717, 1.165) is 0 Å². The summed E-state index contributed by atoms with van der Waals surface area (Å²) in [5, 5.41) is 11.6. The van der Waals surface area contributed by atoms with Crippen molar-refractivity contribution >= 4 is 0 Å². The van der Waals surface area contributed by atoms with Crippen LogP contribution in [0.3, 0.4) is 0 Å². The van der Waals surface area contributed by atoms with Gasteiger partial charge in [-0.1, -0.05) is 6.92 Å². The molecule has 0 aliphatic rings. The zero-order valence-corrected chi connectivity index (χ0v) is 9.31. The Morgan fingerprint density at radius 3 is 2.56 bits per heavy atom. The van der Waals surface area contributed by atoms with Gasteiger partial charge in [-0.3, -0.25) is 0 Å². The standard InChI is InChI=1S/C10H17F3N2O/c1-2-15-9(8-14)4-7-16-6-3-5-10(11,12)13/h9,15H,2-7H2,1H3. The fraction of sp³-hybridized carbons (Fsp3) is 0.900. The molecule has 1 N–H and O–H groups in total. The smallest absolute Gasteiger partial charge is 0.381 e. The van der Waals surface area contributed by atoms with Gasteiger partial charge in [0, 0.05) is 19.6 Å². The van der Waals surface area contributed by atoms with Gasteiger partial charge < -0.3 is 10.1 Å². The Labute approximate surface area is 93.6 Å². The summed E-state index contributed by atoms with van der Waals surface area (Å²) in [6.07, 6.45) is -4.46. The van der Waals surface area contributed by atoms with Crippen molar-refractivity contribution in [2.45, 2.75) is 38.4 Å². The maximum absolute atomic E-state index is 11.7. The molecule has 0 fully saturated rings. The number of hydrogen-bond acceptors (Lipinski definition) is 3. The molecule has 0 bridgehead atoms. The van der Waals surface area contributed by atoms with Crippen LogP contribution in [0.2, 0.25) is 0 Å². The molecule has 0 spiro atoms. The average molecular weight is 238 g/mol. The molecule has 0 saturated heterocycles. The fourth-order valence-corrected chi connectivity index (χ4v) is 1.14. The van der Waals surface area contributed by atoms with Gasteiger partial charge in [0.15, 0.2) is 0 Å². The molecule has 0 saturated carbocycles. The summed E-state index contributed by atoms with van der Waals surface area (Å²) in [7, 11) is 0. The second kappa shape index (κ2) is 8.36. The maximum Gasteiger partial charge on any atom is 0.389 e. The molecule has 0 rings (SSSR count). The second-order valence-corrected chi connectivity index (χ2v) is 3.36. The van der Waals surface area contributed by atoms with E-state index >= 15 is 0 Å². The van der Waals surface area contributed by atoms with Gasteiger partial charge in [0.25, 0.3) is 0 Å². The van der Waals surface area contributed by atoms with Crippen LogP contribution < -0.4 is 5.32 Å². The Bertz CT molecular complexity index is 213. The third-order valence-corrected chi connectivity index (χ3v) is 1.91. The van der Waals surface area contributed by atoms with Gasteiger partial charge in [0.1, 0.15) is 0 Å². The van der Waals surface area contributed by atoms with Gasteiger partial charge in [-0.25, -0.2) is 0 Å². The molecule has 1 atom stereocenters. The quantitative estimate of drug-likeness (QED) is 0.659. The molecule has 0 aromatic heterocycles. The van der Waals surface area contributed by atoms with E-state index in [0.29, 0.717) is 19.6 Å². The van der Waals surface area contributed by atoms with Crippen LogP contribution in [0.15, 0.2) is 0 Å². The zero-order chi connectivity index (χ0) is 12.4. The van der Waals surface area contributed by atoms with E-state index in [1.165, 1.54) is 0 Å². The minimum Gasteiger partial charge on any atom is -0.381 e. The third-order valence-electron chi connectivity index (χ3n) is 1.91. The topological polar surface area (TPSA) is 45.0 Å². The van der Waals surface area contributed by atoms with Gasteiger partial charge in [-0.2, -0.15) is 18.4 Å². The highest BCUT2D eigenvalue weighted by Crippen LogP contribution is 2.20. The number of ether oxygens (including phenoxy) is 1. The predicted octanol–water partition coefficient (Wildman–Crippen LogP) is 2.24. The van der Waals surface area contributed by atoms with Crippen molar-refractivity contribution in [3.8, 4) is 6.07 Å². The molecule has 0 radical (unpaired) electrons. The van der Waals surface area contributed by atoms with E-state index in [1.54, 1.807) is 0 Å². The SMILES string of the molecule is CCNC(C#N)CCOCCCC(F)(F)F. The van der Waals surface area contributed by atoms with E-state index in [1.807, 2.05) is 13.0 Å². The van der Waals surface area contributed by atoms with Crippen molar-refractivity contribution in [2.24, 2.45) is 0 Å². The van der Waals surface area contributed by atoms with Crippen LogP contribution in [-0.2, 0) is 4.74 Å². The third kappa shape index (κ3) is 9.74. The molecule has 0 heterocycles. The zero-order valence-electron chi connectivity index (χ0n) is 9.31. The molecule has 1 unspecified atom stereocenters. The molecule has 0 aliphatic heterocycles. The number of hydrogen-bond donors (Lipinski definition) is 1. The summed E-state index contributed by atoms with van der Waals surface area (Å²) in [4.78, 5) is 0. The van der Waals surface area contributed by atoms with Crippen molar-refractivity contribution in [1.82, 2.24) is 5.32 Å². The van der Waals surface area contributed by atoms with Crippen LogP contribution in [0.25, 0.3) is 0 Å². The van der Waals surface area contributed by atoms with Gasteiger partial charge in [-0.15, -0.1) is 0 Å². The number of rotatable bonds is 8. The first kappa shape index (κ1) is 15.2. The van der Waals surface area contributed by atoms with Crippen LogP contribution >= 0.6 is 0 Å². The van der Waals surface area contributed by atoms with Crippen molar-refractivity contribution in [1.29, 1.82) is 5.26 Å². The molecule has 0 aromatic carbocycles. The van der Waals surface area contributed by atoms with Crippen molar-refractivity contribution in [3.05, 3.63) is 0 Å². The summed E-state index contributed by atoms with van der Waals surface area (Å²) in [6.45, 7) is 2.97. The van der Waals surface area contributed by atoms with E-state index in [4.69, 9.17) is 10.00 Å². The molecule has 0 amide bonds. The fourth-order valence-electron chi connectivity index (χ4n) is 1.14. The van der Waals surface area contributed by atoms with Crippen LogP contribution in [0.4, 0.5) is 13.2 Å². The number of nitrogens with one attached hydrogen (secondary N) is 1. The van der Waals surface area contributed by atoms with Gasteiger partial charge in [0.05, 0.1) is 12.1 Å². The first-order valence-electron chi connectivity index (χ1n) is 5.27. The van der Waals surface area contributed by atoms with Crippen LogP contribution in [0.5, 0.6) is 0 Å². The summed E-state index contributed by atoms with van der Waals surface area (Å²) < 4.78 is 40.2. The molecule has 0 aromatic rings. The van der Waals surface area contributed by atoms with Crippen molar-refractivity contribution in [3.63, 3.8) is 0 Å². The summed E-state index contributed by atoms with van der Waals surface area (Å²) >= 11 is 0. The highest BCUT2D eigenvalue weighted by Gasteiger charge is 2.25. The van der Waals surface area contributed by atoms with Crippen molar-refractivity contribution < 1.29 is 17.9 Å². The molecular formula is C10H17F3N2O. The van der Waals surface area contributed by atoms with E-state index in [9.17, 15) is 13.2 Å². The van der Waals surface area contributed by atoms with Crippen LogP contribution in [-0.4, -0.2) is 32.0 Å². The van der Waals surface area contributed by atoms with E-state index in [2.05, 4.69) is 5.32 Å². The Balaban J connectivity index is 3.36. The number of nitrogens with zero attached hydrogens (tertiary/aromatic N) is 1. The molecular weight excluding hydrogens is 221 g/mol. The Kier molecular flexibility index (Phi) is 7.95. The van der Waals surface area contributed by atoms with E-state index < -0.39 is 12.6 Å². The lowest BCUT2D eigenvalue weighted by Crippen LogP contribution is -2.28. The van der Waals surface area contributed by atoms with Crippen molar-refractivity contribution in [2.75, 3.05) is 19.8 Å². The predicted molar refractivity (Wildman–Crippen MR) is 53.8 cm³/mol. The van der Waals surface area contributed by atoms with Gasteiger partial charge in [-0.05, 0) is 19.4 Å². The Morgan fingerprint density at radius 2 is 2.06 bits per heavy atom. The first-order chi connectivity index (χ1) is 7.49. The maximum atomic E-state index is 11.7. The van der Waals surface area contributed by atoms with Gasteiger partial charge in [0.2, 0.25) is 0 Å². The van der Waals surface area contributed by atoms with Crippen LogP contribution in [0.1, 0.15) is 26.2 Å². The average Bonchev–Trinajstić information content (AvgIpc) is 2.20. The Morgan fingerprint density at radius 1 is 1.38 bits per heavy atom. The first-order valence-corrected chi connectivity index (χ1v) is 5.27. The number of alkyl halides is 3. The normalized spacial score (nSPS) is 13.4. The highest BCUT2D eigenvalue weighted by atomic mass is 19.4. The summed E-state index contributed by atoms with van der Waals surface area (Å²) in [5.74, 6) is 0. The number of halogens is 3. The monoisotopic (exact) mass is 238 g/mol. The Hall–Kier alpha value is -0.800. The lowest BCUT2D eigenvalue weighted by Gasteiger charge is -2.10. The molecule has 3 nitrogen and oxygen atoms in total. The number of nitriles is 1. The molecule has 94 valence electrons. The second-order valence-electron chi connectivity index (χ2n) is 3.36. The lowest BCUT2D eigenvalue weighted by atomic mass is 10.2. The molecule has 6 heteroatoms. The van der Waals surface area contributed by atoms with E-state index in [-0.39, 0.29) is 19.1 Å². The minimum atomic E-state index is -4.11. The van der Waals surface area contributed by atoms with Crippen LogP contribution in [0, 0.1) is 11.3 Å². The minimum absolute atomic E-state index is 0.0259. The molecule has 0 aliphatic carbocycles. The van der Waals surface area contributed by atoms with Gasteiger partial charge >= 0.3 is 6.18 Å². The molecule has 16 heavy (non-hydrogen) atoms. The summed E-state index contributed by atoms with van der Waals surface area (Å²) in [6, 6.07) is 1.76. The highest BCUT2D eigenvalue weighted by molar-refractivity contribution is 4.88. The lowest BCUT2D eigenvalue weighted by molar-refractivity contribution is -0.137. The largest absolute Gasteiger partial charge is 0.389 e. The summed E-state index contributed by atoms with van der Waals surface area (Å²) in [5.41, 5.74) is 0.